The van der Waals surface area contributed by atoms with E-state index in [-0.39, 0.29) is 12.1 Å². The van der Waals surface area contributed by atoms with Gasteiger partial charge in [-0.05, 0) is 0 Å². The maximum Gasteiger partial charge on any atom is 0.186 e. The smallest absolute Gasteiger partial charge is 0.186 e. The summed E-state index contributed by atoms with van der Waals surface area (Å²) < 4.78 is 0. The molecule has 8 heavy (non-hydrogen) atoms. The third kappa shape index (κ3) is 1.54. The molecule has 0 saturated carbocycles. The number of carbonyl (C=O) groups is 1. The van der Waals surface area contributed by atoms with E-state index >= 15 is 0 Å². The van der Waals surface area contributed by atoms with Crippen molar-refractivity contribution in [2.45, 2.75) is 0 Å². The van der Waals surface area contributed by atoms with Crippen molar-refractivity contribution in [1.29, 1.82) is 5.26 Å². The predicted molar refractivity (Wildman–Crippen MR) is 28.8 cm³/mol. The Hall–Kier alpha value is -1.14. The molecular formula is C5H6N2O. The molecule has 0 radical (unpaired) electrons. The minimum Gasteiger partial charge on any atom is -0.324 e. The summed E-state index contributed by atoms with van der Waals surface area (Å²) in [7, 11) is 0. The Morgan fingerprint density at radius 3 is 2.50 bits per heavy atom. The molecule has 42 valence electrons. The number of hydrogen-bond donors (Lipinski definition) is 1. The van der Waals surface area contributed by atoms with Gasteiger partial charge < -0.3 is 5.73 Å². The van der Waals surface area contributed by atoms with Crippen molar-refractivity contribution in [3.8, 4) is 6.07 Å². The molecule has 0 heterocycles. The normalized spacial score (nSPS) is 7.50. The zero-order chi connectivity index (χ0) is 6.57. The van der Waals surface area contributed by atoms with E-state index in [9.17, 15) is 4.79 Å². The first-order chi connectivity index (χ1) is 3.72. The molecule has 0 unspecified atom stereocenters. The first-order valence-electron chi connectivity index (χ1n) is 2.04. The van der Waals surface area contributed by atoms with Crippen LogP contribution in [0.1, 0.15) is 0 Å². The van der Waals surface area contributed by atoms with Crippen LogP contribution in [0.25, 0.3) is 0 Å². The van der Waals surface area contributed by atoms with Gasteiger partial charge in [-0.1, -0.05) is 6.58 Å². The van der Waals surface area contributed by atoms with Gasteiger partial charge in [0.25, 0.3) is 0 Å². The second kappa shape index (κ2) is 2.94. The molecule has 0 bridgehead atoms. The largest absolute Gasteiger partial charge is 0.324 e. The van der Waals surface area contributed by atoms with Gasteiger partial charge in [0.2, 0.25) is 0 Å². The molecule has 2 N–H and O–H groups in total. The molecule has 0 aliphatic heterocycles. The fourth-order valence-corrected chi connectivity index (χ4v) is 0.186. The van der Waals surface area contributed by atoms with Gasteiger partial charge >= 0.3 is 0 Å². The highest BCUT2D eigenvalue weighted by Crippen LogP contribution is 1.84. The topological polar surface area (TPSA) is 66.9 Å². The van der Waals surface area contributed by atoms with E-state index < -0.39 is 5.78 Å². The zero-order valence-electron chi connectivity index (χ0n) is 4.35. The third-order valence-electron chi connectivity index (χ3n) is 0.657. The number of hydrogen-bond acceptors (Lipinski definition) is 3. The second-order valence-corrected chi connectivity index (χ2v) is 1.22. The van der Waals surface area contributed by atoms with E-state index in [1.807, 2.05) is 0 Å². The van der Waals surface area contributed by atoms with Crippen LogP contribution < -0.4 is 5.73 Å². The van der Waals surface area contributed by atoms with Crippen LogP contribution in [0.2, 0.25) is 0 Å². The highest BCUT2D eigenvalue weighted by atomic mass is 16.1. The third-order valence-corrected chi connectivity index (χ3v) is 0.657. The Morgan fingerprint density at radius 1 is 1.88 bits per heavy atom. The Kier molecular flexibility index (Phi) is 2.52. The number of ketones is 1. The van der Waals surface area contributed by atoms with Crippen molar-refractivity contribution < 1.29 is 4.79 Å². The number of nitriles is 1. The standard InChI is InChI=1S/C5H6N2O/c1-4(2-6)5(8)3-7/h1,3,7H2. The van der Waals surface area contributed by atoms with Crippen LogP contribution in [0.15, 0.2) is 12.2 Å². The quantitative estimate of drug-likeness (QED) is 0.388. The highest BCUT2D eigenvalue weighted by molar-refractivity contribution is 5.99. The van der Waals surface area contributed by atoms with Crippen LogP contribution >= 0.6 is 0 Å². The summed E-state index contributed by atoms with van der Waals surface area (Å²) in [6, 6.07) is 1.59. The van der Waals surface area contributed by atoms with Gasteiger partial charge in [-0.2, -0.15) is 5.26 Å². The predicted octanol–water partition coefficient (Wildman–Crippen LogP) is -0.406. The molecule has 0 spiro atoms. The van der Waals surface area contributed by atoms with Crippen molar-refractivity contribution in [2.75, 3.05) is 6.54 Å². The van der Waals surface area contributed by atoms with E-state index in [0.29, 0.717) is 0 Å². The summed E-state index contributed by atoms with van der Waals surface area (Å²) in [5.74, 6) is -0.396. The van der Waals surface area contributed by atoms with Crippen molar-refractivity contribution in [2.24, 2.45) is 5.73 Å². The molecule has 0 fully saturated rings. The molecular weight excluding hydrogens is 104 g/mol. The first-order valence-corrected chi connectivity index (χ1v) is 2.04. The molecule has 3 heteroatoms. The Bertz CT molecular complexity index is 154. The molecule has 0 aromatic rings. The van der Waals surface area contributed by atoms with E-state index in [2.05, 4.69) is 6.58 Å². The maximum atomic E-state index is 10.3. The minimum absolute atomic E-state index is 0.0764. The van der Waals surface area contributed by atoms with Crippen molar-refractivity contribution in [3.63, 3.8) is 0 Å². The molecule has 0 rings (SSSR count). The fraction of sp³-hybridized carbons (Fsp3) is 0.200. The Balaban J connectivity index is 3.89. The van der Waals surface area contributed by atoms with Gasteiger partial charge in [0, 0.05) is 0 Å². The van der Waals surface area contributed by atoms with Crippen LogP contribution in [-0.4, -0.2) is 12.3 Å². The van der Waals surface area contributed by atoms with Gasteiger partial charge in [0.1, 0.15) is 6.07 Å². The van der Waals surface area contributed by atoms with Gasteiger partial charge in [0.05, 0.1) is 12.1 Å². The molecule has 0 aromatic carbocycles. The molecule has 0 saturated heterocycles. The average Bonchev–Trinajstić information content (AvgIpc) is 1.84. The summed E-state index contributed by atoms with van der Waals surface area (Å²) in [5, 5.41) is 8.01. The fourth-order valence-electron chi connectivity index (χ4n) is 0.186. The maximum absolute atomic E-state index is 10.3. The number of nitrogens with two attached hydrogens (primary N) is 1. The molecule has 0 aliphatic carbocycles. The Labute approximate surface area is 47.4 Å². The van der Waals surface area contributed by atoms with Crippen molar-refractivity contribution in [1.82, 2.24) is 0 Å². The van der Waals surface area contributed by atoms with Crippen molar-refractivity contribution in [3.05, 3.63) is 12.2 Å². The van der Waals surface area contributed by atoms with Crippen molar-refractivity contribution >= 4 is 5.78 Å². The average molecular weight is 110 g/mol. The summed E-state index contributed by atoms with van der Waals surface area (Å²) in [6.45, 7) is 3.02. The first kappa shape index (κ1) is 6.86. The van der Waals surface area contributed by atoms with Gasteiger partial charge in [0.15, 0.2) is 5.78 Å². The summed E-state index contributed by atoms with van der Waals surface area (Å²) >= 11 is 0. The van der Waals surface area contributed by atoms with E-state index in [0.717, 1.165) is 0 Å². The number of carbonyl (C=O) groups excluding carboxylic acids is 1. The molecule has 0 aliphatic rings. The highest BCUT2D eigenvalue weighted by Gasteiger charge is 1.99. The van der Waals surface area contributed by atoms with Gasteiger partial charge in [-0.25, -0.2) is 0 Å². The number of nitrogens with zero attached hydrogens (tertiary/aromatic N) is 1. The van der Waals surface area contributed by atoms with Crippen LogP contribution in [0.3, 0.4) is 0 Å². The van der Waals surface area contributed by atoms with Gasteiger partial charge in [-0.3, -0.25) is 4.79 Å². The number of rotatable bonds is 2. The minimum atomic E-state index is -0.396. The van der Waals surface area contributed by atoms with Crippen LogP contribution in [0.4, 0.5) is 0 Å². The molecule has 0 amide bonds. The second-order valence-electron chi connectivity index (χ2n) is 1.22. The van der Waals surface area contributed by atoms with Gasteiger partial charge in [-0.15, -0.1) is 0 Å². The summed E-state index contributed by atoms with van der Waals surface area (Å²) in [5.41, 5.74) is 4.81. The van der Waals surface area contributed by atoms with E-state index in [1.54, 1.807) is 6.07 Å². The molecule has 0 aromatic heterocycles. The van der Waals surface area contributed by atoms with E-state index in [1.165, 1.54) is 0 Å². The lowest BCUT2D eigenvalue weighted by Crippen LogP contribution is -2.13. The Morgan fingerprint density at radius 2 is 2.38 bits per heavy atom. The summed E-state index contributed by atoms with van der Waals surface area (Å²) in [6.07, 6.45) is 0. The SMILES string of the molecule is C=C(C#N)C(=O)CN. The lowest BCUT2D eigenvalue weighted by molar-refractivity contribution is -0.113. The van der Waals surface area contributed by atoms with Crippen LogP contribution in [0, 0.1) is 11.3 Å². The monoisotopic (exact) mass is 110 g/mol. The zero-order valence-corrected chi connectivity index (χ0v) is 4.35. The van der Waals surface area contributed by atoms with Crippen LogP contribution in [0.5, 0.6) is 0 Å². The number of Topliss-reactive ketones (excluding diaryl/α,β-unsaturated/α-hetero) is 1. The lowest BCUT2D eigenvalue weighted by Gasteiger charge is -1.85. The summed E-state index contributed by atoms with van der Waals surface area (Å²) in [4.78, 5) is 10.3. The molecule has 3 nitrogen and oxygen atoms in total. The van der Waals surface area contributed by atoms with E-state index in [4.69, 9.17) is 11.0 Å². The van der Waals surface area contributed by atoms with Crippen LogP contribution in [-0.2, 0) is 4.79 Å². The lowest BCUT2D eigenvalue weighted by atomic mass is 10.2. The molecule has 0 atom stereocenters.